The van der Waals surface area contributed by atoms with Gasteiger partial charge >= 0.3 is 0 Å². The first kappa shape index (κ1) is 14.6. The Hall–Kier alpha value is -1.79. The Labute approximate surface area is 122 Å². The monoisotopic (exact) mass is 311 g/mol. The third-order valence-corrected chi connectivity index (χ3v) is 4.49. The molecule has 0 aliphatic carbocycles. The van der Waals surface area contributed by atoms with Crippen LogP contribution in [0.5, 0.6) is 0 Å². The van der Waals surface area contributed by atoms with Crippen molar-refractivity contribution in [1.29, 1.82) is 0 Å². The van der Waals surface area contributed by atoms with Crippen molar-refractivity contribution in [3.05, 3.63) is 46.6 Å². The van der Waals surface area contributed by atoms with Crippen molar-refractivity contribution in [2.24, 2.45) is 0 Å². The Morgan fingerprint density at radius 2 is 1.85 bits per heavy atom. The molecule has 0 spiro atoms. The molecular weight excluding hydrogens is 298 g/mol. The Bertz CT molecular complexity index is 740. The van der Waals surface area contributed by atoms with E-state index in [0.717, 1.165) is 11.1 Å². The van der Waals surface area contributed by atoms with E-state index in [1.54, 1.807) is 0 Å². The average molecular weight is 312 g/mol. The fourth-order valence-corrected chi connectivity index (χ4v) is 3.15. The van der Waals surface area contributed by atoms with Gasteiger partial charge in [0, 0.05) is 6.20 Å². The van der Waals surface area contributed by atoms with Gasteiger partial charge < -0.3 is 5.73 Å². The summed E-state index contributed by atoms with van der Waals surface area (Å²) in [6.07, 6.45) is 1.18. The van der Waals surface area contributed by atoms with Crippen molar-refractivity contribution in [2.75, 3.05) is 10.5 Å². The van der Waals surface area contributed by atoms with E-state index in [0.29, 0.717) is 5.69 Å². The van der Waals surface area contributed by atoms with E-state index < -0.39 is 10.0 Å². The molecule has 1 aromatic heterocycles. The zero-order valence-electron chi connectivity index (χ0n) is 11.0. The maximum absolute atomic E-state index is 12.3. The molecule has 0 amide bonds. The number of anilines is 2. The van der Waals surface area contributed by atoms with Gasteiger partial charge in [-0.25, -0.2) is 13.4 Å². The number of halogens is 1. The van der Waals surface area contributed by atoms with Gasteiger partial charge in [-0.2, -0.15) is 0 Å². The Balaban J connectivity index is 2.43. The van der Waals surface area contributed by atoms with Gasteiger partial charge in [0.15, 0.2) is 0 Å². The topological polar surface area (TPSA) is 85.1 Å². The molecule has 7 heteroatoms. The number of hydrogen-bond donors (Lipinski definition) is 2. The lowest BCUT2D eigenvalue weighted by Crippen LogP contribution is -2.15. The van der Waals surface area contributed by atoms with Crippen LogP contribution < -0.4 is 10.5 Å². The molecule has 0 radical (unpaired) electrons. The smallest absolute Gasteiger partial charge is 0.263 e. The fourth-order valence-electron chi connectivity index (χ4n) is 1.75. The number of pyridine rings is 1. The number of nitrogens with two attached hydrogens (primary N) is 1. The lowest BCUT2D eigenvalue weighted by Gasteiger charge is -2.13. The third-order valence-electron chi connectivity index (χ3n) is 2.87. The van der Waals surface area contributed by atoms with Crippen LogP contribution in [-0.2, 0) is 10.0 Å². The molecule has 0 bridgehead atoms. The number of rotatable bonds is 3. The normalized spacial score (nSPS) is 11.3. The Kier molecular flexibility index (Phi) is 3.87. The van der Waals surface area contributed by atoms with Crippen LogP contribution in [-0.4, -0.2) is 13.4 Å². The number of nitrogens with one attached hydrogen (secondary N) is 1. The summed E-state index contributed by atoms with van der Waals surface area (Å²) < 4.78 is 27.2. The molecule has 0 saturated carbocycles. The van der Waals surface area contributed by atoms with E-state index in [1.165, 1.54) is 12.3 Å². The van der Waals surface area contributed by atoms with Crippen molar-refractivity contribution in [2.45, 2.75) is 18.7 Å². The molecule has 0 aliphatic rings. The predicted octanol–water partition coefficient (Wildman–Crippen LogP) is 2.73. The highest BCUT2D eigenvalue weighted by Gasteiger charge is 2.18. The number of aromatic nitrogens is 1. The summed E-state index contributed by atoms with van der Waals surface area (Å²) >= 11 is 5.81. The van der Waals surface area contributed by atoms with Crippen molar-refractivity contribution in [1.82, 2.24) is 4.98 Å². The van der Waals surface area contributed by atoms with Crippen LogP contribution in [0.2, 0.25) is 5.02 Å². The third kappa shape index (κ3) is 2.86. The highest BCUT2D eigenvalue weighted by molar-refractivity contribution is 7.92. The summed E-state index contributed by atoms with van der Waals surface area (Å²) in [6.45, 7) is 3.66. The van der Waals surface area contributed by atoms with Gasteiger partial charge in [0.1, 0.15) is 10.7 Å². The number of para-hydroxylation sites is 1. The summed E-state index contributed by atoms with van der Waals surface area (Å²) in [5.41, 5.74) is 7.70. The van der Waals surface area contributed by atoms with Crippen LogP contribution in [0.1, 0.15) is 11.1 Å². The van der Waals surface area contributed by atoms with Gasteiger partial charge in [0.05, 0.1) is 10.7 Å². The predicted molar refractivity (Wildman–Crippen MR) is 80.4 cm³/mol. The SMILES string of the molecule is Cc1cccc(C)c1NS(=O)(=O)c1cnc(N)c(Cl)c1. The lowest BCUT2D eigenvalue weighted by atomic mass is 10.1. The van der Waals surface area contributed by atoms with E-state index in [9.17, 15) is 8.42 Å². The first-order valence-electron chi connectivity index (χ1n) is 5.81. The summed E-state index contributed by atoms with van der Waals surface area (Å²) in [5, 5.41) is 0.106. The molecule has 2 aromatic rings. The van der Waals surface area contributed by atoms with Crippen LogP contribution in [0.15, 0.2) is 35.4 Å². The minimum Gasteiger partial charge on any atom is -0.382 e. The van der Waals surface area contributed by atoms with Gasteiger partial charge in [-0.3, -0.25) is 4.72 Å². The van der Waals surface area contributed by atoms with E-state index in [4.69, 9.17) is 17.3 Å². The van der Waals surface area contributed by atoms with E-state index in [1.807, 2.05) is 32.0 Å². The van der Waals surface area contributed by atoms with E-state index >= 15 is 0 Å². The lowest BCUT2D eigenvalue weighted by molar-refractivity contribution is 0.601. The average Bonchev–Trinajstić information content (AvgIpc) is 2.37. The molecule has 5 nitrogen and oxygen atoms in total. The minimum absolute atomic E-state index is 0.0284. The second-order valence-electron chi connectivity index (χ2n) is 4.41. The van der Waals surface area contributed by atoms with Gasteiger partial charge in [0.2, 0.25) is 0 Å². The van der Waals surface area contributed by atoms with Crippen molar-refractivity contribution in [3.63, 3.8) is 0 Å². The van der Waals surface area contributed by atoms with Crippen molar-refractivity contribution in [3.8, 4) is 0 Å². The molecule has 2 rings (SSSR count). The molecule has 20 heavy (non-hydrogen) atoms. The molecule has 0 atom stereocenters. The van der Waals surface area contributed by atoms with Crippen molar-refractivity contribution >= 4 is 33.1 Å². The summed E-state index contributed by atoms with van der Waals surface area (Å²) in [5.74, 6) is 0.0951. The molecule has 1 heterocycles. The molecule has 1 aromatic carbocycles. The van der Waals surface area contributed by atoms with Crippen LogP contribution in [0, 0.1) is 13.8 Å². The minimum atomic E-state index is -3.75. The number of nitrogen functional groups attached to an aromatic ring is 1. The summed E-state index contributed by atoms with van der Waals surface area (Å²) in [4.78, 5) is 3.73. The zero-order chi connectivity index (χ0) is 14.9. The molecule has 0 saturated heterocycles. The highest BCUT2D eigenvalue weighted by Crippen LogP contribution is 2.25. The second-order valence-corrected chi connectivity index (χ2v) is 6.50. The quantitative estimate of drug-likeness (QED) is 0.912. The highest BCUT2D eigenvalue weighted by atomic mass is 35.5. The number of sulfonamides is 1. The van der Waals surface area contributed by atoms with Crippen molar-refractivity contribution < 1.29 is 8.42 Å². The summed E-state index contributed by atoms with van der Waals surface area (Å²) in [7, 11) is -3.75. The maximum atomic E-state index is 12.3. The molecule has 3 N–H and O–H groups in total. The van der Waals surface area contributed by atoms with Crippen LogP contribution in [0.3, 0.4) is 0 Å². The number of benzene rings is 1. The van der Waals surface area contributed by atoms with Gasteiger partial charge in [0.25, 0.3) is 10.0 Å². The van der Waals surface area contributed by atoms with Crippen LogP contribution in [0.25, 0.3) is 0 Å². The molecule has 0 unspecified atom stereocenters. The second kappa shape index (κ2) is 5.30. The maximum Gasteiger partial charge on any atom is 0.263 e. The van der Waals surface area contributed by atoms with Gasteiger partial charge in [-0.1, -0.05) is 29.8 Å². The summed E-state index contributed by atoms with van der Waals surface area (Å²) in [6, 6.07) is 6.81. The van der Waals surface area contributed by atoms with E-state index in [-0.39, 0.29) is 15.7 Å². The first-order chi connectivity index (χ1) is 9.31. The Morgan fingerprint density at radius 3 is 2.40 bits per heavy atom. The first-order valence-corrected chi connectivity index (χ1v) is 7.67. The number of hydrogen-bond acceptors (Lipinski definition) is 4. The number of aryl methyl sites for hydroxylation is 2. The fraction of sp³-hybridized carbons (Fsp3) is 0.154. The van der Waals surface area contributed by atoms with E-state index in [2.05, 4.69) is 9.71 Å². The van der Waals surface area contributed by atoms with Gasteiger partial charge in [-0.15, -0.1) is 0 Å². The molecular formula is C13H14ClN3O2S. The number of nitrogens with zero attached hydrogens (tertiary/aromatic N) is 1. The van der Waals surface area contributed by atoms with Gasteiger partial charge in [-0.05, 0) is 31.0 Å². The zero-order valence-corrected chi connectivity index (χ0v) is 12.6. The Morgan fingerprint density at radius 1 is 1.25 bits per heavy atom. The molecule has 0 aliphatic heterocycles. The molecule has 106 valence electrons. The van der Waals surface area contributed by atoms with Crippen LogP contribution >= 0.6 is 11.6 Å². The van der Waals surface area contributed by atoms with Crippen LogP contribution in [0.4, 0.5) is 11.5 Å². The largest absolute Gasteiger partial charge is 0.382 e. The molecule has 0 fully saturated rings. The standard InChI is InChI=1S/C13H14ClN3O2S/c1-8-4-3-5-9(2)12(8)17-20(18,19)10-6-11(14)13(15)16-7-10/h3-7,17H,1-2H3,(H2,15,16).